The summed E-state index contributed by atoms with van der Waals surface area (Å²) in [6, 6.07) is 9.52. The van der Waals surface area contributed by atoms with Crippen LogP contribution in [0.1, 0.15) is 25.2 Å². The molecule has 140 valence electrons. The number of thiocarbonyl (C=S) groups is 1. The molecular formula is C20H19BrN2O3S. The second-order valence-electron chi connectivity index (χ2n) is 6.12. The molecule has 0 radical (unpaired) electrons. The van der Waals surface area contributed by atoms with E-state index >= 15 is 0 Å². The molecule has 0 atom stereocenters. The topological polar surface area (TPSA) is 53.8 Å². The monoisotopic (exact) mass is 446 g/mol. The molecule has 0 N–H and O–H groups in total. The van der Waals surface area contributed by atoms with Gasteiger partial charge in [-0.05, 0) is 68.9 Å². The van der Waals surface area contributed by atoms with Crippen LogP contribution in [0.4, 0.5) is 0 Å². The summed E-state index contributed by atoms with van der Waals surface area (Å²) >= 11 is 8.81. The number of amides is 2. The van der Waals surface area contributed by atoms with E-state index in [1.165, 1.54) is 15.9 Å². The number of hydrogen-bond donors (Lipinski definition) is 0. The predicted molar refractivity (Wildman–Crippen MR) is 112 cm³/mol. The Morgan fingerprint density at radius 1 is 1.07 bits per heavy atom. The molecule has 0 unspecified atom stereocenters. The van der Waals surface area contributed by atoms with Crippen molar-refractivity contribution >= 4 is 51.2 Å². The summed E-state index contributed by atoms with van der Waals surface area (Å²) in [6.07, 6.45) is 1.49. The molecule has 5 nitrogen and oxygen atoms in total. The van der Waals surface area contributed by atoms with Crippen LogP contribution in [0.15, 0.2) is 44.8 Å². The van der Waals surface area contributed by atoms with E-state index in [4.69, 9.17) is 16.6 Å². The normalized spacial score (nSPS) is 15.0. The standard InChI is InChI=1S/C20H19BrN2O3S/c1-4-22-18(24)15(19(25)23(5-2)20(22)27)11-13-7-9-17(26-13)14-8-6-12(3)10-16(14)21/h6-11H,4-5H2,1-3H3. The van der Waals surface area contributed by atoms with E-state index < -0.39 is 11.8 Å². The van der Waals surface area contributed by atoms with Crippen LogP contribution in [0.3, 0.4) is 0 Å². The lowest BCUT2D eigenvalue weighted by molar-refractivity contribution is -0.133. The van der Waals surface area contributed by atoms with Gasteiger partial charge >= 0.3 is 0 Å². The second-order valence-corrected chi connectivity index (χ2v) is 7.34. The van der Waals surface area contributed by atoms with Crippen molar-refractivity contribution in [3.05, 3.63) is 51.7 Å². The average Bonchev–Trinajstić information content (AvgIpc) is 3.08. The molecule has 0 aliphatic carbocycles. The van der Waals surface area contributed by atoms with Gasteiger partial charge in [0, 0.05) is 23.1 Å². The van der Waals surface area contributed by atoms with Crippen LogP contribution in [0.5, 0.6) is 0 Å². The third-order valence-corrected chi connectivity index (χ3v) is 5.45. The van der Waals surface area contributed by atoms with Crippen molar-refractivity contribution in [2.75, 3.05) is 13.1 Å². The number of aryl methyl sites for hydroxylation is 1. The molecule has 0 spiro atoms. The molecule has 2 amide bonds. The van der Waals surface area contributed by atoms with Gasteiger partial charge in [-0.3, -0.25) is 19.4 Å². The van der Waals surface area contributed by atoms with E-state index in [1.54, 1.807) is 6.07 Å². The van der Waals surface area contributed by atoms with E-state index in [-0.39, 0.29) is 10.7 Å². The van der Waals surface area contributed by atoms with Gasteiger partial charge in [-0.1, -0.05) is 22.0 Å². The van der Waals surface area contributed by atoms with Gasteiger partial charge in [0.25, 0.3) is 11.8 Å². The zero-order chi connectivity index (χ0) is 19.7. The Morgan fingerprint density at radius 2 is 1.70 bits per heavy atom. The van der Waals surface area contributed by atoms with Crippen molar-refractivity contribution in [3.63, 3.8) is 0 Å². The molecule has 1 fully saturated rings. The smallest absolute Gasteiger partial charge is 0.265 e. The lowest BCUT2D eigenvalue weighted by Crippen LogP contribution is -2.55. The van der Waals surface area contributed by atoms with Crippen LogP contribution in [0.2, 0.25) is 0 Å². The highest BCUT2D eigenvalue weighted by atomic mass is 79.9. The van der Waals surface area contributed by atoms with Crippen molar-refractivity contribution < 1.29 is 14.0 Å². The SMILES string of the molecule is CCN1C(=O)C(=Cc2ccc(-c3ccc(C)cc3Br)o2)C(=O)N(CC)C1=S. The fourth-order valence-corrected chi connectivity index (χ4v) is 4.03. The fraction of sp³-hybridized carbons (Fsp3) is 0.250. The fourth-order valence-electron chi connectivity index (χ4n) is 2.92. The molecule has 1 aromatic carbocycles. The third kappa shape index (κ3) is 3.61. The number of halogens is 1. The number of nitrogens with zero attached hydrogens (tertiary/aromatic N) is 2. The number of furan rings is 1. The quantitative estimate of drug-likeness (QED) is 0.396. The van der Waals surface area contributed by atoms with E-state index in [0.29, 0.717) is 24.6 Å². The van der Waals surface area contributed by atoms with Gasteiger partial charge in [0.1, 0.15) is 17.1 Å². The first-order valence-electron chi connectivity index (χ1n) is 8.63. The van der Waals surface area contributed by atoms with Crippen LogP contribution in [0.25, 0.3) is 17.4 Å². The number of benzene rings is 1. The summed E-state index contributed by atoms with van der Waals surface area (Å²) in [5.41, 5.74) is 2.09. The summed E-state index contributed by atoms with van der Waals surface area (Å²) in [5.74, 6) is 0.298. The van der Waals surface area contributed by atoms with Crippen LogP contribution in [-0.4, -0.2) is 39.8 Å². The Labute approximate surface area is 171 Å². The van der Waals surface area contributed by atoms with Crippen molar-refractivity contribution in [3.8, 4) is 11.3 Å². The second kappa shape index (κ2) is 7.78. The van der Waals surface area contributed by atoms with Crippen molar-refractivity contribution in [1.29, 1.82) is 0 Å². The maximum absolute atomic E-state index is 12.7. The first-order chi connectivity index (χ1) is 12.9. The van der Waals surface area contributed by atoms with Gasteiger partial charge in [0.2, 0.25) is 0 Å². The van der Waals surface area contributed by atoms with Gasteiger partial charge < -0.3 is 4.42 Å². The first kappa shape index (κ1) is 19.5. The minimum atomic E-state index is -0.397. The molecule has 0 bridgehead atoms. The highest BCUT2D eigenvalue weighted by Crippen LogP contribution is 2.31. The van der Waals surface area contributed by atoms with E-state index in [2.05, 4.69) is 15.9 Å². The predicted octanol–water partition coefficient (Wildman–Crippen LogP) is 4.40. The third-order valence-electron chi connectivity index (χ3n) is 4.35. The van der Waals surface area contributed by atoms with Crippen molar-refractivity contribution in [1.82, 2.24) is 9.80 Å². The minimum absolute atomic E-state index is 0.0520. The van der Waals surface area contributed by atoms with Gasteiger partial charge in [-0.25, -0.2) is 0 Å². The van der Waals surface area contributed by atoms with Gasteiger partial charge in [-0.15, -0.1) is 0 Å². The lowest BCUT2D eigenvalue weighted by Gasteiger charge is -2.35. The lowest BCUT2D eigenvalue weighted by atomic mass is 10.1. The Bertz CT molecular complexity index is 936. The molecule has 2 heterocycles. The Balaban J connectivity index is 1.98. The molecule has 1 aliphatic rings. The summed E-state index contributed by atoms with van der Waals surface area (Å²) in [4.78, 5) is 28.2. The zero-order valence-corrected chi connectivity index (χ0v) is 17.7. The first-order valence-corrected chi connectivity index (χ1v) is 9.83. The molecule has 7 heteroatoms. The van der Waals surface area contributed by atoms with Crippen LogP contribution >= 0.6 is 28.1 Å². The van der Waals surface area contributed by atoms with Gasteiger partial charge in [0.05, 0.1) is 0 Å². The van der Waals surface area contributed by atoms with Gasteiger partial charge in [0.15, 0.2) is 5.11 Å². The number of likely N-dealkylation sites (N-methyl/N-ethyl adjacent to an activating group) is 2. The molecule has 1 aliphatic heterocycles. The summed E-state index contributed by atoms with van der Waals surface area (Å²) in [5, 5.41) is 0.246. The number of carbonyl (C=O) groups excluding carboxylic acids is 2. The van der Waals surface area contributed by atoms with Crippen molar-refractivity contribution in [2.45, 2.75) is 20.8 Å². The molecule has 27 heavy (non-hydrogen) atoms. The number of carbonyl (C=O) groups is 2. The van der Waals surface area contributed by atoms with Gasteiger partial charge in [-0.2, -0.15) is 0 Å². The molecular weight excluding hydrogens is 428 g/mol. The highest BCUT2D eigenvalue weighted by molar-refractivity contribution is 9.10. The van der Waals surface area contributed by atoms with E-state index in [0.717, 1.165) is 15.6 Å². The summed E-state index contributed by atoms with van der Waals surface area (Å²) in [7, 11) is 0. The molecule has 0 saturated carbocycles. The van der Waals surface area contributed by atoms with Crippen LogP contribution in [0, 0.1) is 6.92 Å². The van der Waals surface area contributed by atoms with Crippen LogP contribution in [-0.2, 0) is 9.59 Å². The maximum Gasteiger partial charge on any atom is 0.265 e. The minimum Gasteiger partial charge on any atom is -0.457 e. The molecule has 3 rings (SSSR count). The zero-order valence-electron chi connectivity index (χ0n) is 15.3. The molecule has 1 aromatic heterocycles. The molecule has 1 saturated heterocycles. The summed E-state index contributed by atoms with van der Waals surface area (Å²) in [6.45, 7) is 6.46. The van der Waals surface area contributed by atoms with Crippen molar-refractivity contribution in [2.24, 2.45) is 0 Å². The van der Waals surface area contributed by atoms with Crippen LogP contribution < -0.4 is 0 Å². The molecule has 2 aromatic rings. The number of rotatable bonds is 4. The van der Waals surface area contributed by atoms with E-state index in [9.17, 15) is 9.59 Å². The van der Waals surface area contributed by atoms with E-state index in [1.807, 2.05) is 45.0 Å². The Kier molecular flexibility index (Phi) is 5.62. The number of hydrogen-bond acceptors (Lipinski definition) is 4. The Morgan fingerprint density at radius 3 is 2.26 bits per heavy atom. The average molecular weight is 447 g/mol. The maximum atomic E-state index is 12.7. The Hall–Kier alpha value is -2.25. The highest BCUT2D eigenvalue weighted by Gasteiger charge is 2.38. The summed E-state index contributed by atoms with van der Waals surface area (Å²) < 4.78 is 6.79. The largest absolute Gasteiger partial charge is 0.457 e.